The number of hydrogen-bond donors (Lipinski definition) is 0. The van der Waals surface area contributed by atoms with E-state index in [9.17, 15) is 0 Å². The summed E-state index contributed by atoms with van der Waals surface area (Å²) in [4.78, 5) is 0. The first-order chi connectivity index (χ1) is 6.43. The molecule has 0 amide bonds. The van der Waals surface area contributed by atoms with Gasteiger partial charge < -0.3 is 0 Å². The summed E-state index contributed by atoms with van der Waals surface area (Å²) >= 11 is 18.4. The molecule has 0 atom stereocenters. The van der Waals surface area contributed by atoms with Gasteiger partial charge in [0.25, 0.3) is 0 Å². The molecule has 14 heavy (non-hydrogen) atoms. The Morgan fingerprint density at radius 2 is 2.29 bits per heavy atom. The maximum absolute atomic E-state index is 6.47. The Morgan fingerprint density at radius 3 is 2.86 bits per heavy atom. The third kappa shape index (κ3) is 1.63. The summed E-state index contributed by atoms with van der Waals surface area (Å²) in [7, 11) is 0. The van der Waals surface area contributed by atoms with Crippen molar-refractivity contribution < 1.29 is 8.99 Å². The molecule has 0 spiro atoms. The summed E-state index contributed by atoms with van der Waals surface area (Å²) < 4.78 is 7.64. The topological polar surface area (TPSA) is 13.1 Å². The SMILES string of the molecule is C[Si-]1(Cl)(CCl)C[n+]2c(Cl)cccc2O1. The number of alkyl halides is 1. The molecule has 0 fully saturated rings. The van der Waals surface area contributed by atoms with Gasteiger partial charge in [-0.3, -0.25) is 0 Å². The summed E-state index contributed by atoms with van der Waals surface area (Å²) in [5.74, 6) is 0.712. The second-order valence-electron chi connectivity index (χ2n) is 3.99. The van der Waals surface area contributed by atoms with Crippen LogP contribution in [-0.2, 0) is 6.17 Å². The predicted octanol–water partition coefficient (Wildman–Crippen LogP) is 2.60. The minimum absolute atomic E-state index is 0.347. The molecule has 1 aliphatic rings. The number of aromatic nitrogens is 1. The second-order valence-corrected chi connectivity index (χ2v) is 13.1. The Bertz CT molecular complexity index is 396. The van der Waals surface area contributed by atoms with Crippen LogP contribution in [0.1, 0.15) is 0 Å². The molecule has 0 N–H and O–H groups in total. The number of fused-ring (bicyclic) bond motifs is 1. The van der Waals surface area contributed by atoms with E-state index in [-0.39, 0.29) is 0 Å². The van der Waals surface area contributed by atoms with Crippen molar-refractivity contribution in [3.8, 4) is 5.88 Å². The van der Waals surface area contributed by atoms with E-state index in [2.05, 4.69) is 0 Å². The summed E-state index contributed by atoms with van der Waals surface area (Å²) in [6, 6.07) is 5.50. The number of pyridine rings is 1. The van der Waals surface area contributed by atoms with E-state index < -0.39 is 6.90 Å². The van der Waals surface area contributed by atoms with E-state index in [0.29, 0.717) is 22.7 Å². The average molecular weight is 271 g/mol. The number of rotatable bonds is 1. The Balaban J connectivity index is 2.49. The van der Waals surface area contributed by atoms with Gasteiger partial charge in [0, 0.05) is 0 Å². The zero-order valence-corrected chi connectivity index (χ0v) is 10.9. The van der Waals surface area contributed by atoms with Gasteiger partial charge in [-0.25, -0.2) is 0 Å². The Hall–Kier alpha value is 0.0369. The quantitative estimate of drug-likeness (QED) is 0.251. The first kappa shape index (κ1) is 10.6. The van der Waals surface area contributed by atoms with Gasteiger partial charge >= 0.3 is 97.6 Å². The van der Waals surface area contributed by atoms with Crippen molar-refractivity contribution in [2.45, 2.75) is 12.7 Å². The van der Waals surface area contributed by atoms with Crippen molar-refractivity contribution in [2.24, 2.45) is 0 Å². The molecular formula is C8H10Cl3NOSi. The van der Waals surface area contributed by atoms with Crippen LogP contribution < -0.4 is 8.99 Å². The molecule has 1 aliphatic heterocycles. The van der Waals surface area contributed by atoms with Crippen molar-refractivity contribution in [2.75, 3.05) is 5.50 Å². The fourth-order valence-corrected chi connectivity index (χ4v) is 4.94. The Morgan fingerprint density at radius 1 is 1.57 bits per heavy atom. The predicted molar refractivity (Wildman–Crippen MR) is 60.5 cm³/mol. The van der Waals surface area contributed by atoms with Crippen LogP contribution in [-0.4, -0.2) is 12.4 Å². The van der Waals surface area contributed by atoms with E-state index in [1.54, 1.807) is 0 Å². The average Bonchev–Trinajstić information content (AvgIpc) is 2.40. The van der Waals surface area contributed by atoms with Crippen molar-refractivity contribution in [1.29, 1.82) is 0 Å². The van der Waals surface area contributed by atoms with Crippen LogP contribution in [0, 0.1) is 0 Å². The molecule has 2 rings (SSSR count). The third-order valence-electron chi connectivity index (χ3n) is 2.27. The van der Waals surface area contributed by atoms with E-state index in [1.165, 1.54) is 0 Å². The fourth-order valence-electron chi connectivity index (χ4n) is 1.53. The summed E-state index contributed by atoms with van der Waals surface area (Å²) in [5.41, 5.74) is 0.347. The molecular weight excluding hydrogens is 261 g/mol. The van der Waals surface area contributed by atoms with Gasteiger partial charge in [0.05, 0.1) is 0 Å². The van der Waals surface area contributed by atoms with Crippen LogP contribution in [0.2, 0.25) is 11.7 Å². The van der Waals surface area contributed by atoms with Crippen molar-refractivity contribution >= 4 is 41.2 Å². The third-order valence-corrected chi connectivity index (χ3v) is 8.65. The van der Waals surface area contributed by atoms with Gasteiger partial charge in [-0.2, -0.15) is 0 Å². The molecule has 2 nitrogen and oxygen atoms in total. The van der Waals surface area contributed by atoms with Crippen LogP contribution in [0.4, 0.5) is 0 Å². The Labute approximate surface area is 97.6 Å². The van der Waals surface area contributed by atoms with Gasteiger partial charge in [0.15, 0.2) is 0 Å². The molecule has 2 heterocycles. The van der Waals surface area contributed by atoms with E-state index >= 15 is 0 Å². The molecule has 0 aromatic carbocycles. The van der Waals surface area contributed by atoms with Gasteiger partial charge in [-0.15, -0.1) is 0 Å². The van der Waals surface area contributed by atoms with Gasteiger partial charge in [0.1, 0.15) is 0 Å². The second kappa shape index (κ2) is 3.01. The van der Waals surface area contributed by atoms with Crippen LogP contribution in [0.25, 0.3) is 0 Å². The van der Waals surface area contributed by atoms with E-state index in [4.69, 9.17) is 38.7 Å². The molecule has 1 aromatic rings. The minimum atomic E-state index is -3.00. The molecule has 78 valence electrons. The zero-order chi connectivity index (χ0) is 10.4. The van der Waals surface area contributed by atoms with Crippen molar-refractivity contribution in [3.05, 3.63) is 23.4 Å². The maximum atomic E-state index is 6.47. The van der Waals surface area contributed by atoms with Crippen LogP contribution >= 0.6 is 34.3 Å². The fraction of sp³-hybridized carbons (Fsp3) is 0.375. The summed E-state index contributed by atoms with van der Waals surface area (Å²) in [5, 5.41) is 0.632. The molecule has 0 unspecified atom stereocenters. The first-order valence-corrected chi connectivity index (χ1v) is 9.51. The monoisotopic (exact) mass is 269 g/mol. The zero-order valence-electron chi connectivity index (χ0n) is 7.64. The van der Waals surface area contributed by atoms with Crippen LogP contribution in [0.15, 0.2) is 18.2 Å². The summed E-state index contributed by atoms with van der Waals surface area (Å²) in [6.45, 7) is -1.08. The van der Waals surface area contributed by atoms with Gasteiger partial charge in [-0.05, 0) is 0 Å². The van der Waals surface area contributed by atoms with Crippen molar-refractivity contribution in [1.82, 2.24) is 0 Å². The van der Waals surface area contributed by atoms with E-state index in [0.717, 1.165) is 0 Å². The normalized spacial score (nSPS) is 24.4. The molecule has 1 aromatic heterocycles. The molecule has 0 bridgehead atoms. The first-order valence-electron chi connectivity index (χ1n) is 4.27. The van der Waals surface area contributed by atoms with Crippen LogP contribution in [0.3, 0.4) is 0 Å². The molecule has 0 saturated heterocycles. The molecule has 0 aliphatic carbocycles. The van der Waals surface area contributed by atoms with Gasteiger partial charge in [0.2, 0.25) is 0 Å². The van der Waals surface area contributed by atoms with E-state index in [1.807, 2.05) is 29.3 Å². The standard InChI is InChI=1S/C8H10Cl3NOSi/c1-14(11,5-9)6-12-7(10)3-2-4-8(12)13-14/h2-4H,5-6H2,1H3. The number of halogens is 3. The van der Waals surface area contributed by atoms with Gasteiger partial charge in [-0.1, -0.05) is 0 Å². The molecule has 0 radical (unpaired) electrons. The molecule has 6 heteroatoms. The summed E-state index contributed by atoms with van der Waals surface area (Å²) in [6.07, 6.45) is 0.597. The number of nitrogens with zero attached hydrogens (tertiary/aromatic N) is 1. The number of hydrogen-bond acceptors (Lipinski definition) is 1. The van der Waals surface area contributed by atoms with Crippen molar-refractivity contribution in [3.63, 3.8) is 0 Å². The molecule has 0 saturated carbocycles. The van der Waals surface area contributed by atoms with Crippen LogP contribution in [0.5, 0.6) is 5.88 Å². The Kier molecular flexibility index (Phi) is 2.27.